The van der Waals surface area contributed by atoms with E-state index >= 15 is 0 Å². The van der Waals surface area contributed by atoms with Crippen molar-refractivity contribution in [2.24, 2.45) is 0 Å². The van der Waals surface area contributed by atoms with E-state index in [9.17, 15) is 0 Å². The molecule has 0 atom stereocenters. The molecule has 0 saturated carbocycles. The van der Waals surface area contributed by atoms with Crippen LogP contribution in [0.15, 0.2) is 6.33 Å². The molecule has 2 aromatic rings. The largest absolute Gasteiger partial charge is 0.257 e. The van der Waals surface area contributed by atoms with Crippen molar-refractivity contribution in [3.63, 3.8) is 0 Å². The quantitative estimate of drug-likeness (QED) is 0.723. The molecule has 0 bridgehead atoms. The van der Waals surface area contributed by atoms with Gasteiger partial charge in [0.25, 0.3) is 0 Å². The summed E-state index contributed by atoms with van der Waals surface area (Å²) in [5.74, 6) is 1.02. The number of hydrogen-bond acceptors (Lipinski definition) is 5. The summed E-state index contributed by atoms with van der Waals surface area (Å²) >= 11 is 6.68. The maximum Gasteiger partial charge on any atom is 0.211 e. The number of hydrogen-bond donors (Lipinski definition) is 1. The Morgan fingerprint density at radius 3 is 3.00 bits per heavy atom. The second-order valence-electron chi connectivity index (χ2n) is 1.71. The molecule has 0 saturated heterocycles. The van der Waals surface area contributed by atoms with Gasteiger partial charge in [0.15, 0.2) is 5.82 Å². The number of halogens is 1. The molecule has 2 heterocycles. The predicted octanol–water partition coefficient (Wildman–Crippen LogP) is 0.977. The Morgan fingerprint density at radius 1 is 1.55 bits per heavy atom. The molecule has 11 heavy (non-hydrogen) atoms. The number of H-pyrrole nitrogens is 1. The van der Waals surface area contributed by atoms with Crippen LogP contribution in [0.1, 0.15) is 0 Å². The molecular formula is C4H2ClN5S. The van der Waals surface area contributed by atoms with Crippen molar-refractivity contribution in [2.45, 2.75) is 0 Å². The van der Waals surface area contributed by atoms with Crippen LogP contribution in [0, 0.1) is 0 Å². The Morgan fingerprint density at radius 2 is 2.45 bits per heavy atom. The molecule has 5 nitrogen and oxygen atoms in total. The van der Waals surface area contributed by atoms with Crippen LogP contribution < -0.4 is 0 Å². The predicted molar refractivity (Wildman–Crippen MR) is 40.3 cm³/mol. The number of rotatable bonds is 1. The van der Waals surface area contributed by atoms with Crippen LogP contribution >= 0.6 is 23.1 Å². The zero-order valence-electron chi connectivity index (χ0n) is 5.15. The maximum absolute atomic E-state index is 5.56. The summed E-state index contributed by atoms with van der Waals surface area (Å²) in [5.41, 5.74) is 0. The summed E-state index contributed by atoms with van der Waals surface area (Å²) in [6.45, 7) is 0. The molecule has 0 aromatic carbocycles. The molecule has 2 rings (SSSR count). The monoisotopic (exact) mass is 187 g/mol. The molecule has 0 radical (unpaired) electrons. The van der Waals surface area contributed by atoms with E-state index in [2.05, 4.69) is 24.5 Å². The first kappa shape index (κ1) is 6.68. The number of nitrogens with zero attached hydrogens (tertiary/aromatic N) is 4. The van der Waals surface area contributed by atoms with E-state index in [1.165, 1.54) is 6.33 Å². The first-order chi connectivity index (χ1) is 5.36. The van der Waals surface area contributed by atoms with E-state index in [-0.39, 0.29) is 0 Å². The van der Waals surface area contributed by atoms with Crippen LogP contribution in [0.25, 0.3) is 11.6 Å². The molecule has 0 aliphatic rings. The Hall–Kier alpha value is -1.01. The third-order valence-electron chi connectivity index (χ3n) is 1.03. The second-order valence-corrected chi connectivity index (χ2v) is 3.04. The summed E-state index contributed by atoms with van der Waals surface area (Å²) in [5, 5.41) is 6.28. The van der Waals surface area contributed by atoms with Gasteiger partial charge in [-0.15, -0.1) is 0 Å². The van der Waals surface area contributed by atoms with E-state index in [1.807, 2.05) is 0 Å². The molecule has 1 N–H and O–H groups in total. The lowest BCUT2D eigenvalue weighted by Crippen LogP contribution is -1.81. The standard InChI is InChI=1S/C4H2ClN5S/c5-4-8-3(10-11-4)2-6-1-7-9-2/h1H,(H,6,7,9). The zero-order chi connectivity index (χ0) is 7.68. The minimum Gasteiger partial charge on any atom is -0.257 e. The van der Waals surface area contributed by atoms with Gasteiger partial charge in [-0.05, 0) is 23.1 Å². The number of aromatic nitrogens is 5. The summed E-state index contributed by atoms with van der Waals surface area (Å²) in [7, 11) is 0. The fourth-order valence-corrected chi connectivity index (χ4v) is 1.21. The minimum atomic E-state index is 0.399. The van der Waals surface area contributed by atoms with Gasteiger partial charge < -0.3 is 0 Å². The summed E-state index contributed by atoms with van der Waals surface area (Å²) in [4.78, 5) is 7.75. The van der Waals surface area contributed by atoms with Gasteiger partial charge in [0, 0.05) is 0 Å². The van der Waals surface area contributed by atoms with Crippen LogP contribution in [-0.4, -0.2) is 24.5 Å². The van der Waals surface area contributed by atoms with Crippen molar-refractivity contribution in [1.29, 1.82) is 0 Å². The van der Waals surface area contributed by atoms with Crippen molar-refractivity contribution in [1.82, 2.24) is 24.5 Å². The van der Waals surface area contributed by atoms with Gasteiger partial charge in [0.1, 0.15) is 6.33 Å². The maximum atomic E-state index is 5.56. The molecular weight excluding hydrogens is 186 g/mol. The summed E-state index contributed by atoms with van der Waals surface area (Å²) in [6, 6.07) is 0. The van der Waals surface area contributed by atoms with Gasteiger partial charge in [0.2, 0.25) is 10.3 Å². The van der Waals surface area contributed by atoms with Crippen molar-refractivity contribution in [3.8, 4) is 11.6 Å². The molecule has 2 aromatic heterocycles. The van der Waals surface area contributed by atoms with Crippen molar-refractivity contribution >= 4 is 23.1 Å². The third kappa shape index (κ3) is 1.22. The molecule has 0 aliphatic carbocycles. The molecule has 7 heteroatoms. The van der Waals surface area contributed by atoms with Gasteiger partial charge in [-0.1, -0.05) is 0 Å². The highest BCUT2D eigenvalue weighted by atomic mass is 35.5. The van der Waals surface area contributed by atoms with Gasteiger partial charge in [-0.2, -0.15) is 9.47 Å². The Balaban J connectivity index is 2.45. The van der Waals surface area contributed by atoms with E-state index in [1.54, 1.807) is 0 Å². The average Bonchev–Trinajstić information content (AvgIpc) is 2.55. The van der Waals surface area contributed by atoms with E-state index < -0.39 is 0 Å². The normalized spacial score (nSPS) is 10.3. The molecule has 56 valence electrons. The molecule has 0 aliphatic heterocycles. The third-order valence-corrected chi connectivity index (χ3v) is 1.83. The molecule has 0 unspecified atom stereocenters. The van der Waals surface area contributed by atoms with Crippen LogP contribution in [0.5, 0.6) is 0 Å². The number of aromatic amines is 1. The molecule has 0 spiro atoms. The Bertz CT molecular complexity index is 341. The van der Waals surface area contributed by atoms with Gasteiger partial charge in [-0.25, -0.2) is 9.97 Å². The Kier molecular flexibility index (Phi) is 1.55. The fraction of sp³-hybridized carbons (Fsp3) is 0. The highest BCUT2D eigenvalue weighted by molar-refractivity contribution is 7.10. The topological polar surface area (TPSA) is 67.3 Å². The smallest absolute Gasteiger partial charge is 0.211 e. The van der Waals surface area contributed by atoms with Crippen molar-refractivity contribution < 1.29 is 0 Å². The van der Waals surface area contributed by atoms with Crippen molar-refractivity contribution in [2.75, 3.05) is 0 Å². The van der Waals surface area contributed by atoms with E-state index in [0.717, 1.165) is 11.5 Å². The molecule has 0 amide bonds. The van der Waals surface area contributed by atoms with E-state index in [4.69, 9.17) is 11.6 Å². The SMILES string of the molecule is Clc1nc(-c2ncn[nH]2)ns1. The first-order valence-corrected chi connectivity index (χ1v) is 3.86. The highest BCUT2D eigenvalue weighted by Gasteiger charge is 2.06. The van der Waals surface area contributed by atoms with Gasteiger partial charge >= 0.3 is 0 Å². The average molecular weight is 188 g/mol. The van der Waals surface area contributed by atoms with Gasteiger partial charge in [0.05, 0.1) is 0 Å². The molecule has 0 fully saturated rings. The van der Waals surface area contributed by atoms with Crippen LogP contribution in [0.2, 0.25) is 4.47 Å². The van der Waals surface area contributed by atoms with Crippen LogP contribution in [-0.2, 0) is 0 Å². The Labute approximate surface area is 70.6 Å². The highest BCUT2D eigenvalue weighted by Crippen LogP contribution is 2.16. The number of nitrogens with one attached hydrogen (secondary N) is 1. The first-order valence-electron chi connectivity index (χ1n) is 2.71. The lowest BCUT2D eigenvalue weighted by atomic mass is 10.6. The summed E-state index contributed by atoms with van der Waals surface area (Å²) in [6.07, 6.45) is 1.39. The lowest BCUT2D eigenvalue weighted by Gasteiger charge is -1.80. The second kappa shape index (κ2) is 2.55. The van der Waals surface area contributed by atoms with E-state index in [0.29, 0.717) is 16.1 Å². The van der Waals surface area contributed by atoms with Crippen LogP contribution in [0.4, 0.5) is 0 Å². The van der Waals surface area contributed by atoms with Gasteiger partial charge in [-0.3, -0.25) is 5.10 Å². The fourth-order valence-electron chi connectivity index (χ4n) is 0.614. The minimum absolute atomic E-state index is 0.399. The zero-order valence-corrected chi connectivity index (χ0v) is 6.72. The van der Waals surface area contributed by atoms with Crippen LogP contribution in [0.3, 0.4) is 0 Å². The summed E-state index contributed by atoms with van der Waals surface area (Å²) < 4.78 is 4.32. The van der Waals surface area contributed by atoms with Crippen molar-refractivity contribution in [3.05, 3.63) is 10.8 Å². The lowest BCUT2D eigenvalue weighted by molar-refractivity contribution is 1.08.